The largest absolute Gasteiger partial charge is 0.476 e. The summed E-state index contributed by atoms with van der Waals surface area (Å²) in [5.41, 5.74) is -0.102. The van der Waals surface area contributed by atoms with E-state index in [1.807, 2.05) is 4.90 Å². The van der Waals surface area contributed by atoms with E-state index in [4.69, 9.17) is 21.4 Å². The highest BCUT2D eigenvalue weighted by Crippen LogP contribution is 2.20. The Morgan fingerprint density at radius 1 is 1.41 bits per heavy atom. The fourth-order valence-electron chi connectivity index (χ4n) is 1.73. The summed E-state index contributed by atoms with van der Waals surface area (Å²) in [6, 6.07) is 3.30. The van der Waals surface area contributed by atoms with Crippen LogP contribution in [0, 0.1) is 0 Å². The number of anilines is 1. The summed E-state index contributed by atoms with van der Waals surface area (Å²) in [5.74, 6) is -0.472. The van der Waals surface area contributed by atoms with E-state index in [1.54, 1.807) is 12.1 Å². The number of hydrogen-bond donors (Lipinski definition) is 1. The van der Waals surface area contributed by atoms with Crippen molar-refractivity contribution in [2.45, 2.75) is 6.42 Å². The van der Waals surface area contributed by atoms with Crippen molar-refractivity contribution >= 4 is 23.4 Å². The molecule has 17 heavy (non-hydrogen) atoms. The molecule has 1 saturated heterocycles. The zero-order valence-corrected chi connectivity index (χ0v) is 9.98. The smallest absolute Gasteiger partial charge is 0.356 e. The Bertz CT molecular complexity index is 417. The molecular formula is C11H13ClN2O3. The van der Waals surface area contributed by atoms with Crippen molar-refractivity contribution in [2.24, 2.45) is 0 Å². The van der Waals surface area contributed by atoms with Gasteiger partial charge < -0.3 is 14.7 Å². The summed E-state index contributed by atoms with van der Waals surface area (Å²) in [7, 11) is 0. The van der Waals surface area contributed by atoms with E-state index in [0.717, 1.165) is 19.6 Å². The van der Waals surface area contributed by atoms with Crippen molar-refractivity contribution in [1.82, 2.24) is 4.98 Å². The van der Waals surface area contributed by atoms with Crippen molar-refractivity contribution in [3.63, 3.8) is 0 Å². The van der Waals surface area contributed by atoms with E-state index in [0.29, 0.717) is 19.0 Å². The maximum absolute atomic E-state index is 10.9. The van der Waals surface area contributed by atoms with Crippen LogP contribution >= 0.6 is 11.6 Å². The molecule has 1 aromatic rings. The predicted molar refractivity (Wildman–Crippen MR) is 63.9 cm³/mol. The van der Waals surface area contributed by atoms with Gasteiger partial charge in [0.2, 0.25) is 0 Å². The summed E-state index contributed by atoms with van der Waals surface area (Å²) in [5, 5.41) is 9.11. The average molecular weight is 257 g/mol. The lowest BCUT2D eigenvalue weighted by atomic mass is 10.3. The molecule has 0 atom stereocenters. The van der Waals surface area contributed by atoms with Crippen molar-refractivity contribution in [1.29, 1.82) is 0 Å². The van der Waals surface area contributed by atoms with Crippen molar-refractivity contribution in [3.8, 4) is 0 Å². The van der Waals surface area contributed by atoms with E-state index < -0.39 is 5.97 Å². The molecule has 0 radical (unpaired) electrons. The molecule has 0 unspecified atom stereocenters. The third-order valence-corrected chi connectivity index (χ3v) is 2.89. The van der Waals surface area contributed by atoms with Crippen LogP contribution < -0.4 is 4.90 Å². The van der Waals surface area contributed by atoms with Gasteiger partial charge in [-0.2, -0.15) is 0 Å². The van der Waals surface area contributed by atoms with Gasteiger partial charge in [-0.1, -0.05) is 11.6 Å². The molecule has 2 heterocycles. The van der Waals surface area contributed by atoms with Gasteiger partial charge in [-0.15, -0.1) is 0 Å². The Morgan fingerprint density at radius 3 is 3.00 bits per heavy atom. The lowest BCUT2D eigenvalue weighted by Crippen LogP contribution is -2.27. The van der Waals surface area contributed by atoms with E-state index in [9.17, 15) is 4.79 Å². The van der Waals surface area contributed by atoms with Crippen LogP contribution in [0.4, 0.5) is 5.82 Å². The van der Waals surface area contributed by atoms with Gasteiger partial charge in [0.05, 0.1) is 11.6 Å². The zero-order chi connectivity index (χ0) is 12.3. The van der Waals surface area contributed by atoms with Crippen LogP contribution in [0.5, 0.6) is 0 Å². The second kappa shape index (κ2) is 5.33. The number of carboxylic acids is 1. The topological polar surface area (TPSA) is 62.7 Å². The number of ether oxygens (including phenoxy) is 1. The molecule has 0 amide bonds. The van der Waals surface area contributed by atoms with Gasteiger partial charge in [0.1, 0.15) is 5.82 Å². The van der Waals surface area contributed by atoms with Gasteiger partial charge in [-0.3, -0.25) is 0 Å². The Hall–Kier alpha value is -1.33. The fraction of sp³-hybridized carbons (Fsp3) is 0.455. The van der Waals surface area contributed by atoms with Crippen LogP contribution in [0.1, 0.15) is 16.9 Å². The SMILES string of the molecule is O=C(O)c1nc(N2CCCOCC2)ccc1Cl. The second-order valence-electron chi connectivity index (χ2n) is 3.76. The summed E-state index contributed by atoms with van der Waals surface area (Å²) in [6.45, 7) is 2.89. The van der Waals surface area contributed by atoms with E-state index >= 15 is 0 Å². The molecule has 6 heteroatoms. The Morgan fingerprint density at radius 2 is 2.24 bits per heavy atom. The number of nitrogens with zero attached hydrogens (tertiary/aromatic N) is 2. The summed E-state index contributed by atoms with van der Waals surface area (Å²) >= 11 is 5.78. The number of carboxylic acid groups (broad SMARTS) is 1. The van der Waals surface area contributed by atoms with Crippen LogP contribution in [-0.4, -0.2) is 42.4 Å². The molecule has 1 fully saturated rings. The molecule has 1 N–H and O–H groups in total. The first-order valence-corrected chi connectivity index (χ1v) is 5.79. The van der Waals surface area contributed by atoms with Crippen molar-refractivity contribution in [3.05, 3.63) is 22.8 Å². The van der Waals surface area contributed by atoms with E-state index in [-0.39, 0.29) is 10.7 Å². The van der Waals surface area contributed by atoms with Crippen LogP contribution in [0.25, 0.3) is 0 Å². The monoisotopic (exact) mass is 256 g/mol. The first kappa shape index (κ1) is 12.1. The van der Waals surface area contributed by atoms with Crippen molar-refractivity contribution < 1.29 is 14.6 Å². The molecule has 1 aromatic heterocycles. The number of hydrogen-bond acceptors (Lipinski definition) is 4. The minimum atomic E-state index is -1.11. The third-order valence-electron chi connectivity index (χ3n) is 2.58. The molecule has 0 spiro atoms. The lowest BCUT2D eigenvalue weighted by molar-refractivity contribution is 0.0691. The van der Waals surface area contributed by atoms with Crippen molar-refractivity contribution in [2.75, 3.05) is 31.2 Å². The number of pyridine rings is 1. The van der Waals surface area contributed by atoms with Gasteiger partial charge in [0.15, 0.2) is 5.69 Å². The molecule has 92 valence electrons. The van der Waals surface area contributed by atoms with Gasteiger partial charge in [0, 0.05) is 19.7 Å². The predicted octanol–water partition coefficient (Wildman–Crippen LogP) is 1.66. The highest BCUT2D eigenvalue weighted by atomic mass is 35.5. The Kier molecular flexibility index (Phi) is 3.81. The van der Waals surface area contributed by atoms with E-state index in [1.165, 1.54) is 0 Å². The van der Waals surface area contributed by atoms with Gasteiger partial charge in [-0.05, 0) is 18.6 Å². The highest BCUT2D eigenvalue weighted by molar-refractivity contribution is 6.33. The molecular weight excluding hydrogens is 244 g/mol. The Balaban J connectivity index is 2.25. The number of aromatic nitrogens is 1. The zero-order valence-electron chi connectivity index (χ0n) is 9.23. The average Bonchev–Trinajstić information content (AvgIpc) is 2.58. The molecule has 0 aromatic carbocycles. The number of carbonyl (C=O) groups is 1. The molecule has 1 aliphatic heterocycles. The third kappa shape index (κ3) is 2.87. The standard InChI is InChI=1S/C11H13ClN2O3/c12-8-2-3-9(13-10(8)11(15)16)14-4-1-6-17-7-5-14/h2-3H,1,4-7H2,(H,15,16). The molecule has 2 rings (SSSR count). The molecule has 5 nitrogen and oxygen atoms in total. The van der Waals surface area contributed by atoms with Crippen LogP contribution in [0.15, 0.2) is 12.1 Å². The lowest BCUT2D eigenvalue weighted by Gasteiger charge is -2.20. The fourth-order valence-corrected chi connectivity index (χ4v) is 1.92. The maximum atomic E-state index is 10.9. The quantitative estimate of drug-likeness (QED) is 0.872. The molecule has 0 aliphatic carbocycles. The summed E-state index contributed by atoms with van der Waals surface area (Å²) < 4.78 is 5.34. The number of rotatable bonds is 2. The Labute approximate surface area is 104 Å². The minimum Gasteiger partial charge on any atom is -0.476 e. The molecule has 0 saturated carbocycles. The summed E-state index contributed by atoms with van der Waals surface area (Å²) in [6.07, 6.45) is 0.909. The normalized spacial score (nSPS) is 16.6. The van der Waals surface area contributed by atoms with Crippen LogP contribution in [0.3, 0.4) is 0 Å². The first-order valence-electron chi connectivity index (χ1n) is 5.41. The minimum absolute atomic E-state index is 0.102. The van der Waals surface area contributed by atoms with Crippen LogP contribution in [0.2, 0.25) is 5.02 Å². The van der Waals surface area contributed by atoms with Crippen LogP contribution in [-0.2, 0) is 4.74 Å². The molecule has 1 aliphatic rings. The van der Waals surface area contributed by atoms with E-state index in [2.05, 4.69) is 4.98 Å². The number of halogens is 1. The highest BCUT2D eigenvalue weighted by Gasteiger charge is 2.16. The maximum Gasteiger partial charge on any atom is 0.356 e. The number of aromatic carboxylic acids is 1. The second-order valence-corrected chi connectivity index (χ2v) is 4.17. The summed E-state index contributed by atoms with van der Waals surface area (Å²) in [4.78, 5) is 17.0. The van der Waals surface area contributed by atoms with Gasteiger partial charge in [0.25, 0.3) is 0 Å². The first-order chi connectivity index (χ1) is 8.18. The molecule has 0 bridgehead atoms. The van der Waals surface area contributed by atoms with Gasteiger partial charge in [-0.25, -0.2) is 9.78 Å². The van der Waals surface area contributed by atoms with Gasteiger partial charge >= 0.3 is 5.97 Å².